The van der Waals surface area contributed by atoms with Crippen molar-refractivity contribution in [3.63, 3.8) is 0 Å². The van der Waals surface area contributed by atoms with E-state index in [0.717, 1.165) is 55.4 Å². The van der Waals surface area contributed by atoms with Gasteiger partial charge in [-0.2, -0.15) is 0 Å². The Morgan fingerprint density at radius 1 is 1.14 bits per heavy atom. The zero-order valence-electron chi connectivity index (χ0n) is 16.7. The van der Waals surface area contributed by atoms with E-state index in [1.54, 1.807) is 6.20 Å². The third-order valence-corrected chi connectivity index (χ3v) is 4.50. The van der Waals surface area contributed by atoms with Gasteiger partial charge in [-0.15, -0.1) is 24.0 Å². The van der Waals surface area contributed by atoms with Gasteiger partial charge in [0, 0.05) is 31.5 Å². The molecule has 0 aliphatic carbocycles. The second kappa shape index (κ2) is 12.3. The zero-order chi connectivity index (χ0) is 19.6. The van der Waals surface area contributed by atoms with Crippen LogP contribution in [0.2, 0.25) is 0 Å². The van der Waals surface area contributed by atoms with Crippen LogP contribution in [0.25, 0.3) is 0 Å². The van der Waals surface area contributed by atoms with Gasteiger partial charge >= 0.3 is 6.03 Å². The van der Waals surface area contributed by atoms with Crippen LogP contribution in [0.4, 0.5) is 10.5 Å². The lowest BCUT2D eigenvalue weighted by molar-refractivity contribution is 0.222. The van der Waals surface area contributed by atoms with Crippen LogP contribution in [0.3, 0.4) is 0 Å². The first-order chi connectivity index (χ1) is 13.7. The van der Waals surface area contributed by atoms with E-state index in [1.807, 2.05) is 54.3 Å². The van der Waals surface area contributed by atoms with E-state index in [4.69, 9.17) is 0 Å². The van der Waals surface area contributed by atoms with Gasteiger partial charge in [0.2, 0.25) is 0 Å². The largest absolute Gasteiger partial charge is 0.357 e. The highest BCUT2D eigenvalue weighted by Gasteiger charge is 2.17. The Bertz CT molecular complexity index is 793. The molecule has 8 heteroatoms. The number of hydrogen-bond donors (Lipinski definition) is 3. The molecule has 0 radical (unpaired) electrons. The Morgan fingerprint density at radius 3 is 2.69 bits per heavy atom. The monoisotopic (exact) mass is 508 g/mol. The number of hydrogen-bond acceptors (Lipinski definition) is 3. The predicted octanol–water partition coefficient (Wildman–Crippen LogP) is 3.58. The molecule has 2 heterocycles. The van der Waals surface area contributed by atoms with Gasteiger partial charge in [-0.05, 0) is 49.6 Å². The summed E-state index contributed by atoms with van der Waals surface area (Å²) in [5.74, 6) is 0.736. The van der Waals surface area contributed by atoms with Gasteiger partial charge in [-0.25, -0.2) is 9.79 Å². The van der Waals surface area contributed by atoms with Crippen molar-refractivity contribution < 1.29 is 4.79 Å². The molecule has 1 saturated heterocycles. The normalized spacial score (nSPS) is 13.6. The molecule has 0 unspecified atom stereocenters. The topological polar surface area (TPSA) is 81.7 Å². The molecule has 156 valence electrons. The van der Waals surface area contributed by atoms with Gasteiger partial charge in [0.25, 0.3) is 0 Å². The number of benzene rings is 1. The molecule has 1 aromatic heterocycles. The lowest BCUT2D eigenvalue weighted by atomic mass is 10.2. The number of amides is 2. The van der Waals surface area contributed by atoms with Gasteiger partial charge in [0.05, 0.1) is 18.8 Å². The molecule has 0 bridgehead atoms. The molecule has 1 aliphatic rings. The zero-order valence-corrected chi connectivity index (χ0v) is 19.1. The van der Waals surface area contributed by atoms with E-state index >= 15 is 0 Å². The van der Waals surface area contributed by atoms with Crippen molar-refractivity contribution in [3.8, 4) is 0 Å². The molecular weight excluding hydrogens is 479 g/mol. The molecule has 0 spiro atoms. The Labute approximate surface area is 189 Å². The first kappa shape index (κ1) is 22.9. The first-order valence-electron chi connectivity index (χ1n) is 9.81. The number of halogens is 1. The highest BCUT2D eigenvalue weighted by atomic mass is 127. The fourth-order valence-electron chi connectivity index (χ4n) is 3.06. The summed E-state index contributed by atoms with van der Waals surface area (Å²) in [6, 6.07) is 13.7. The number of aliphatic imine (C=N–C) groups is 1. The van der Waals surface area contributed by atoms with Crippen LogP contribution in [-0.2, 0) is 13.1 Å². The molecule has 1 aromatic carbocycles. The van der Waals surface area contributed by atoms with Crippen molar-refractivity contribution >= 4 is 41.7 Å². The number of rotatable bonds is 6. The van der Waals surface area contributed by atoms with Crippen LogP contribution in [0, 0.1) is 0 Å². The molecule has 3 N–H and O–H groups in total. The second-order valence-electron chi connectivity index (χ2n) is 6.69. The summed E-state index contributed by atoms with van der Waals surface area (Å²) in [6.45, 7) is 5.61. The van der Waals surface area contributed by atoms with Crippen molar-refractivity contribution in [1.82, 2.24) is 20.5 Å². The molecule has 2 aromatic rings. The Kier molecular flexibility index (Phi) is 9.69. The van der Waals surface area contributed by atoms with E-state index < -0.39 is 0 Å². The third-order valence-electron chi connectivity index (χ3n) is 4.50. The number of aromatic nitrogens is 1. The number of nitrogens with zero attached hydrogens (tertiary/aromatic N) is 3. The van der Waals surface area contributed by atoms with E-state index in [2.05, 4.69) is 25.9 Å². The maximum absolute atomic E-state index is 12.3. The quantitative estimate of drug-likeness (QED) is 0.317. The molecule has 3 rings (SSSR count). The molecule has 1 fully saturated rings. The van der Waals surface area contributed by atoms with Crippen molar-refractivity contribution in [1.29, 1.82) is 0 Å². The molecule has 0 atom stereocenters. The lowest BCUT2D eigenvalue weighted by Crippen LogP contribution is -2.37. The SMILES string of the molecule is CCNC(=NCc1cccc(NC(=O)N2CCCC2)c1)NCc1ccccn1.I. The summed E-state index contributed by atoms with van der Waals surface area (Å²) in [7, 11) is 0. The first-order valence-corrected chi connectivity index (χ1v) is 9.81. The van der Waals surface area contributed by atoms with Crippen LogP contribution in [0.1, 0.15) is 31.0 Å². The highest BCUT2D eigenvalue weighted by molar-refractivity contribution is 14.0. The fourth-order valence-corrected chi connectivity index (χ4v) is 3.06. The van der Waals surface area contributed by atoms with E-state index in [1.165, 1.54) is 0 Å². The maximum Gasteiger partial charge on any atom is 0.321 e. The molecule has 2 amide bonds. The third kappa shape index (κ3) is 7.52. The van der Waals surface area contributed by atoms with E-state index in [-0.39, 0.29) is 30.0 Å². The second-order valence-corrected chi connectivity index (χ2v) is 6.69. The van der Waals surface area contributed by atoms with E-state index in [9.17, 15) is 4.79 Å². The minimum atomic E-state index is -0.0245. The maximum atomic E-state index is 12.3. The summed E-state index contributed by atoms with van der Waals surface area (Å²) in [6.07, 6.45) is 3.95. The van der Waals surface area contributed by atoms with Crippen LogP contribution in [0.5, 0.6) is 0 Å². The Morgan fingerprint density at radius 2 is 1.97 bits per heavy atom. The fraction of sp³-hybridized carbons (Fsp3) is 0.381. The van der Waals surface area contributed by atoms with Gasteiger partial charge in [-0.3, -0.25) is 4.98 Å². The summed E-state index contributed by atoms with van der Waals surface area (Å²) in [4.78, 5) is 23.1. The average molecular weight is 508 g/mol. The highest BCUT2D eigenvalue weighted by Crippen LogP contribution is 2.14. The van der Waals surface area contributed by atoms with Gasteiger partial charge in [0.15, 0.2) is 5.96 Å². The van der Waals surface area contributed by atoms with Crippen molar-refractivity contribution in [2.75, 3.05) is 25.0 Å². The van der Waals surface area contributed by atoms with Crippen molar-refractivity contribution in [2.45, 2.75) is 32.9 Å². The summed E-state index contributed by atoms with van der Waals surface area (Å²) < 4.78 is 0. The number of likely N-dealkylation sites (tertiary alicyclic amines) is 1. The molecule has 7 nitrogen and oxygen atoms in total. The number of pyridine rings is 1. The minimum absolute atomic E-state index is 0. The van der Waals surface area contributed by atoms with Gasteiger partial charge in [-0.1, -0.05) is 18.2 Å². The lowest BCUT2D eigenvalue weighted by Gasteiger charge is -2.16. The average Bonchev–Trinajstić information content (AvgIpc) is 3.26. The molecule has 29 heavy (non-hydrogen) atoms. The minimum Gasteiger partial charge on any atom is -0.357 e. The van der Waals surface area contributed by atoms with Crippen molar-refractivity contribution in [2.24, 2.45) is 4.99 Å². The van der Waals surface area contributed by atoms with Crippen LogP contribution in [0.15, 0.2) is 53.7 Å². The van der Waals surface area contributed by atoms with Gasteiger partial charge in [0.1, 0.15) is 0 Å². The summed E-state index contributed by atoms with van der Waals surface area (Å²) in [5.41, 5.74) is 2.80. The van der Waals surface area contributed by atoms with E-state index in [0.29, 0.717) is 13.1 Å². The number of urea groups is 1. The van der Waals surface area contributed by atoms with Gasteiger partial charge < -0.3 is 20.9 Å². The Hall–Kier alpha value is -2.36. The van der Waals surface area contributed by atoms with Crippen LogP contribution >= 0.6 is 24.0 Å². The Balaban J connectivity index is 0.00000300. The number of carbonyl (C=O) groups excluding carboxylic acids is 1. The number of anilines is 1. The van der Waals surface area contributed by atoms with Crippen LogP contribution in [-0.4, -0.2) is 41.5 Å². The van der Waals surface area contributed by atoms with Crippen LogP contribution < -0.4 is 16.0 Å². The molecule has 0 saturated carbocycles. The standard InChI is InChI=1S/C21H28N6O.HI/c1-2-22-20(25-16-19-9-3-4-11-23-19)24-15-17-8-7-10-18(14-17)26-21(28)27-12-5-6-13-27;/h3-4,7-11,14H,2,5-6,12-13,15-16H2,1H3,(H,26,28)(H2,22,24,25);1H. The number of carbonyl (C=O) groups is 1. The predicted molar refractivity (Wildman–Crippen MR) is 128 cm³/mol. The molecule has 1 aliphatic heterocycles. The number of nitrogens with one attached hydrogen (secondary N) is 3. The summed E-state index contributed by atoms with van der Waals surface area (Å²) >= 11 is 0. The van der Waals surface area contributed by atoms with Crippen molar-refractivity contribution in [3.05, 3.63) is 59.9 Å². The summed E-state index contributed by atoms with van der Waals surface area (Å²) in [5, 5.41) is 9.52. The number of guanidine groups is 1. The molecular formula is C21H29IN6O. The smallest absolute Gasteiger partial charge is 0.321 e.